The van der Waals surface area contributed by atoms with Gasteiger partial charge in [0, 0.05) is 17.8 Å². The number of aryl methyl sites for hydroxylation is 1. The van der Waals surface area contributed by atoms with Crippen molar-refractivity contribution in [1.29, 1.82) is 0 Å². The van der Waals surface area contributed by atoms with Crippen LogP contribution in [-0.4, -0.2) is 21.4 Å². The van der Waals surface area contributed by atoms with Gasteiger partial charge in [-0.1, -0.05) is 36.4 Å². The van der Waals surface area contributed by atoms with Gasteiger partial charge in [0.1, 0.15) is 5.82 Å². The molecule has 1 aliphatic heterocycles. The zero-order valence-corrected chi connectivity index (χ0v) is 14.7. The fourth-order valence-corrected chi connectivity index (χ4v) is 3.67. The number of thiocarbonyl (C=S) groups is 1. The maximum Gasteiger partial charge on any atom is 0.174 e. The molecule has 1 fully saturated rings. The Labute approximate surface area is 152 Å². The van der Waals surface area contributed by atoms with Crippen molar-refractivity contribution >= 4 is 28.8 Å². The Hall–Kier alpha value is -2.86. The van der Waals surface area contributed by atoms with Gasteiger partial charge in [-0.3, -0.25) is 0 Å². The lowest BCUT2D eigenvalue weighted by atomic mass is 10.1. The minimum Gasteiger partial charge on any atom is -0.383 e. The van der Waals surface area contributed by atoms with E-state index in [0.29, 0.717) is 17.5 Å². The van der Waals surface area contributed by atoms with Crippen LogP contribution >= 0.6 is 12.2 Å². The van der Waals surface area contributed by atoms with E-state index in [1.165, 1.54) is 0 Å². The highest BCUT2D eigenvalue weighted by atomic mass is 32.1. The highest BCUT2D eigenvalue weighted by Gasteiger charge is 2.34. The Balaban J connectivity index is 1.79. The Bertz CT molecular complexity index is 904. The second-order valence-corrected chi connectivity index (χ2v) is 6.43. The SMILES string of the molecule is Cc1nn(-c2ccccc2)c(N)c1C1CNC(=S)N1c1ccccc1. The average molecular weight is 349 g/mol. The molecule has 25 heavy (non-hydrogen) atoms. The van der Waals surface area contributed by atoms with Crippen LogP contribution in [0.1, 0.15) is 17.3 Å². The molecule has 0 amide bonds. The highest BCUT2D eigenvalue weighted by Crippen LogP contribution is 2.35. The molecule has 126 valence electrons. The summed E-state index contributed by atoms with van der Waals surface area (Å²) in [6, 6.07) is 20.1. The molecule has 4 rings (SSSR count). The zero-order valence-electron chi connectivity index (χ0n) is 13.9. The number of nitrogens with two attached hydrogens (primary N) is 1. The lowest BCUT2D eigenvalue weighted by molar-refractivity contribution is 0.753. The van der Waals surface area contributed by atoms with Gasteiger partial charge in [0.25, 0.3) is 0 Å². The second kappa shape index (κ2) is 6.22. The summed E-state index contributed by atoms with van der Waals surface area (Å²) >= 11 is 5.53. The summed E-state index contributed by atoms with van der Waals surface area (Å²) in [6.07, 6.45) is 0. The maximum atomic E-state index is 6.50. The first-order valence-corrected chi connectivity index (χ1v) is 8.60. The van der Waals surface area contributed by atoms with E-state index in [0.717, 1.165) is 22.6 Å². The van der Waals surface area contributed by atoms with Gasteiger partial charge in [-0.2, -0.15) is 5.10 Å². The van der Waals surface area contributed by atoms with Crippen LogP contribution in [0, 0.1) is 6.92 Å². The van der Waals surface area contributed by atoms with Crippen molar-refractivity contribution in [3.8, 4) is 5.69 Å². The number of aromatic nitrogens is 2. The van der Waals surface area contributed by atoms with Crippen LogP contribution in [0.25, 0.3) is 5.69 Å². The summed E-state index contributed by atoms with van der Waals surface area (Å²) in [5.41, 5.74) is 10.4. The van der Waals surface area contributed by atoms with E-state index < -0.39 is 0 Å². The first-order valence-electron chi connectivity index (χ1n) is 8.19. The largest absolute Gasteiger partial charge is 0.383 e. The molecule has 1 aliphatic rings. The van der Waals surface area contributed by atoms with E-state index in [1.54, 1.807) is 4.68 Å². The van der Waals surface area contributed by atoms with E-state index in [4.69, 9.17) is 18.0 Å². The van der Waals surface area contributed by atoms with Crippen molar-refractivity contribution in [2.75, 3.05) is 17.2 Å². The van der Waals surface area contributed by atoms with Crippen LogP contribution in [0.15, 0.2) is 60.7 Å². The number of anilines is 2. The Morgan fingerprint density at radius 3 is 2.28 bits per heavy atom. The zero-order chi connectivity index (χ0) is 17.4. The number of nitrogens with zero attached hydrogens (tertiary/aromatic N) is 3. The number of rotatable bonds is 3. The predicted molar refractivity (Wildman–Crippen MR) is 105 cm³/mol. The molecular weight excluding hydrogens is 330 g/mol. The summed E-state index contributed by atoms with van der Waals surface area (Å²) in [6.45, 7) is 2.70. The fourth-order valence-electron chi connectivity index (χ4n) is 3.35. The van der Waals surface area contributed by atoms with Crippen molar-refractivity contribution in [1.82, 2.24) is 15.1 Å². The normalized spacial score (nSPS) is 16.9. The predicted octanol–water partition coefficient (Wildman–Crippen LogP) is 3.20. The fraction of sp³-hybridized carbons (Fsp3) is 0.158. The van der Waals surface area contributed by atoms with Gasteiger partial charge in [-0.05, 0) is 43.4 Å². The molecule has 1 saturated heterocycles. The number of nitrogens with one attached hydrogen (secondary N) is 1. The molecule has 3 aromatic rings. The second-order valence-electron chi connectivity index (χ2n) is 6.04. The van der Waals surface area contributed by atoms with Crippen LogP contribution in [-0.2, 0) is 0 Å². The standard InChI is InChI=1S/C19H19N5S/c1-13-17(18(20)24(22-13)15-10-6-3-7-11-15)16-12-21-19(25)23(16)14-8-4-2-5-9-14/h2-11,16H,12,20H2,1H3,(H,21,25). The van der Waals surface area contributed by atoms with Crippen molar-refractivity contribution in [3.05, 3.63) is 71.9 Å². The smallest absolute Gasteiger partial charge is 0.174 e. The first-order chi connectivity index (χ1) is 12.2. The minimum atomic E-state index is 0.0207. The van der Waals surface area contributed by atoms with E-state index in [1.807, 2.05) is 55.5 Å². The molecule has 0 spiro atoms. The van der Waals surface area contributed by atoms with Crippen LogP contribution in [0.3, 0.4) is 0 Å². The molecular formula is C19H19N5S. The molecule has 2 aromatic carbocycles. The number of para-hydroxylation sites is 2. The Morgan fingerprint density at radius 2 is 1.64 bits per heavy atom. The molecule has 1 aromatic heterocycles. The van der Waals surface area contributed by atoms with Gasteiger partial charge in [0.15, 0.2) is 5.11 Å². The lowest BCUT2D eigenvalue weighted by Crippen LogP contribution is -2.29. The third-order valence-corrected chi connectivity index (χ3v) is 4.83. The number of nitrogen functional groups attached to an aromatic ring is 1. The average Bonchev–Trinajstić information content (AvgIpc) is 3.15. The van der Waals surface area contributed by atoms with E-state index >= 15 is 0 Å². The van der Waals surface area contributed by atoms with Gasteiger partial charge < -0.3 is 16.0 Å². The topological polar surface area (TPSA) is 59.1 Å². The minimum absolute atomic E-state index is 0.0207. The molecule has 0 radical (unpaired) electrons. The van der Waals surface area contributed by atoms with E-state index in [-0.39, 0.29) is 6.04 Å². The molecule has 0 saturated carbocycles. The summed E-state index contributed by atoms with van der Waals surface area (Å²) in [4.78, 5) is 2.12. The Morgan fingerprint density at radius 1 is 1.04 bits per heavy atom. The summed E-state index contributed by atoms with van der Waals surface area (Å²) in [7, 11) is 0. The molecule has 0 aliphatic carbocycles. The molecule has 3 N–H and O–H groups in total. The molecule has 0 bridgehead atoms. The summed E-state index contributed by atoms with van der Waals surface area (Å²) in [5, 5.41) is 8.67. The van der Waals surface area contributed by atoms with Crippen LogP contribution < -0.4 is 16.0 Å². The van der Waals surface area contributed by atoms with Crippen molar-refractivity contribution in [3.63, 3.8) is 0 Å². The van der Waals surface area contributed by atoms with E-state index in [9.17, 15) is 0 Å². The molecule has 1 unspecified atom stereocenters. The quantitative estimate of drug-likeness (QED) is 0.711. The molecule has 6 heteroatoms. The summed E-state index contributed by atoms with van der Waals surface area (Å²) in [5.74, 6) is 0.654. The first kappa shape index (κ1) is 15.7. The molecule has 1 atom stereocenters. The number of hydrogen-bond donors (Lipinski definition) is 2. The van der Waals surface area contributed by atoms with Crippen molar-refractivity contribution in [2.45, 2.75) is 13.0 Å². The maximum absolute atomic E-state index is 6.50. The van der Waals surface area contributed by atoms with Crippen LogP contribution in [0.2, 0.25) is 0 Å². The number of benzene rings is 2. The third-order valence-electron chi connectivity index (χ3n) is 4.49. The van der Waals surface area contributed by atoms with Gasteiger partial charge in [-0.15, -0.1) is 0 Å². The third kappa shape index (κ3) is 2.64. The van der Waals surface area contributed by atoms with Gasteiger partial charge in [0.2, 0.25) is 0 Å². The van der Waals surface area contributed by atoms with Crippen LogP contribution in [0.5, 0.6) is 0 Å². The van der Waals surface area contributed by atoms with Crippen molar-refractivity contribution in [2.24, 2.45) is 0 Å². The van der Waals surface area contributed by atoms with Gasteiger partial charge in [0.05, 0.1) is 17.4 Å². The van der Waals surface area contributed by atoms with Crippen LogP contribution in [0.4, 0.5) is 11.5 Å². The molecule has 2 heterocycles. The van der Waals surface area contributed by atoms with Gasteiger partial charge in [-0.25, -0.2) is 4.68 Å². The Kier molecular flexibility index (Phi) is 3.89. The van der Waals surface area contributed by atoms with Gasteiger partial charge >= 0.3 is 0 Å². The highest BCUT2D eigenvalue weighted by molar-refractivity contribution is 7.80. The summed E-state index contributed by atoms with van der Waals surface area (Å²) < 4.78 is 1.80. The van der Waals surface area contributed by atoms with E-state index in [2.05, 4.69) is 27.4 Å². The molecule has 5 nitrogen and oxygen atoms in total. The number of hydrogen-bond acceptors (Lipinski definition) is 3. The lowest BCUT2D eigenvalue weighted by Gasteiger charge is -2.25. The van der Waals surface area contributed by atoms with Crippen molar-refractivity contribution < 1.29 is 0 Å². The monoisotopic (exact) mass is 349 g/mol.